The molecule has 94 valence electrons. The molecule has 0 fully saturated rings. The van der Waals surface area contributed by atoms with Crippen LogP contribution in [0.5, 0.6) is 0 Å². The summed E-state index contributed by atoms with van der Waals surface area (Å²) in [5, 5.41) is 2.52. The predicted molar refractivity (Wildman–Crippen MR) is 62.2 cm³/mol. The highest BCUT2D eigenvalue weighted by atomic mass is 16.6. The average molecular weight is 230 g/mol. The molecule has 5 heteroatoms. The molecule has 0 aliphatic carbocycles. The van der Waals surface area contributed by atoms with Crippen LogP contribution in [0.15, 0.2) is 0 Å². The van der Waals surface area contributed by atoms with E-state index in [4.69, 9.17) is 4.74 Å². The summed E-state index contributed by atoms with van der Waals surface area (Å²) in [7, 11) is 0. The van der Waals surface area contributed by atoms with E-state index in [0.717, 1.165) is 0 Å². The normalized spacial score (nSPS) is 10.8. The molecule has 0 heterocycles. The molecular weight excluding hydrogens is 208 g/mol. The molecule has 16 heavy (non-hydrogen) atoms. The average Bonchev–Trinajstić information content (AvgIpc) is 2.14. The minimum absolute atomic E-state index is 0.0907. The SMILES string of the molecule is CCN(CC)C(=O)NCC(=O)OC(C)(C)C. The van der Waals surface area contributed by atoms with Crippen molar-refractivity contribution in [3.8, 4) is 0 Å². The van der Waals surface area contributed by atoms with Crippen LogP contribution in [0.25, 0.3) is 0 Å². The monoisotopic (exact) mass is 230 g/mol. The Morgan fingerprint density at radius 2 is 1.69 bits per heavy atom. The summed E-state index contributed by atoms with van der Waals surface area (Å²) in [5.74, 6) is -0.423. The number of urea groups is 1. The molecule has 0 aliphatic heterocycles. The standard InChI is InChI=1S/C11H22N2O3/c1-6-13(7-2)10(15)12-8-9(14)16-11(3,4)5/h6-8H2,1-5H3,(H,12,15). The topological polar surface area (TPSA) is 58.6 Å². The van der Waals surface area contributed by atoms with Crippen molar-refractivity contribution in [2.45, 2.75) is 40.2 Å². The Morgan fingerprint density at radius 3 is 2.06 bits per heavy atom. The van der Waals surface area contributed by atoms with Crippen LogP contribution in [-0.4, -0.2) is 42.1 Å². The van der Waals surface area contributed by atoms with E-state index in [1.54, 1.807) is 25.7 Å². The van der Waals surface area contributed by atoms with Crippen molar-refractivity contribution in [1.29, 1.82) is 0 Å². The van der Waals surface area contributed by atoms with Gasteiger partial charge in [-0.2, -0.15) is 0 Å². The van der Waals surface area contributed by atoms with E-state index in [9.17, 15) is 9.59 Å². The molecule has 0 saturated heterocycles. The fourth-order valence-corrected chi connectivity index (χ4v) is 1.15. The van der Waals surface area contributed by atoms with Crippen molar-refractivity contribution in [3.63, 3.8) is 0 Å². The van der Waals surface area contributed by atoms with Gasteiger partial charge in [-0.1, -0.05) is 0 Å². The van der Waals surface area contributed by atoms with E-state index in [1.807, 2.05) is 13.8 Å². The first-order valence-electron chi connectivity index (χ1n) is 5.54. The summed E-state index contributed by atoms with van der Waals surface area (Å²) in [6.07, 6.45) is 0. The molecule has 0 atom stereocenters. The number of carbonyl (C=O) groups excluding carboxylic acids is 2. The van der Waals surface area contributed by atoms with Crippen molar-refractivity contribution in [1.82, 2.24) is 10.2 Å². The summed E-state index contributed by atoms with van der Waals surface area (Å²) < 4.78 is 5.06. The second-order valence-electron chi connectivity index (χ2n) is 4.42. The fraction of sp³-hybridized carbons (Fsp3) is 0.818. The Bertz CT molecular complexity index is 242. The van der Waals surface area contributed by atoms with E-state index < -0.39 is 11.6 Å². The van der Waals surface area contributed by atoms with Gasteiger partial charge in [0.05, 0.1) is 0 Å². The lowest BCUT2D eigenvalue weighted by atomic mass is 10.2. The van der Waals surface area contributed by atoms with Gasteiger partial charge in [0.1, 0.15) is 12.1 Å². The van der Waals surface area contributed by atoms with E-state index in [0.29, 0.717) is 13.1 Å². The number of nitrogens with one attached hydrogen (secondary N) is 1. The number of hydrogen-bond acceptors (Lipinski definition) is 3. The first kappa shape index (κ1) is 14.7. The van der Waals surface area contributed by atoms with E-state index in [2.05, 4.69) is 5.32 Å². The van der Waals surface area contributed by atoms with Crippen LogP contribution in [0.1, 0.15) is 34.6 Å². The number of ether oxygens (including phenoxy) is 1. The molecule has 0 radical (unpaired) electrons. The maximum atomic E-state index is 11.5. The van der Waals surface area contributed by atoms with E-state index in [-0.39, 0.29) is 12.6 Å². The van der Waals surface area contributed by atoms with Crippen LogP contribution < -0.4 is 5.32 Å². The Kier molecular flexibility index (Phi) is 5.85. The van der Waals surface area contributed by atoms with Gasteiger partial charge in [-0.05, 0) is 34.6 Å². The third-order valence-corrected chi connectivity index (χ3v) is 1.85. The number of carbonyl (C=O) groups is 2. The third kappa shape index (κ3) is 6.27. The Labute approximate surface area is 97.1 Å². The van der Waals surface area contributed by atoms with Gasteiger partial charge in [0, 0.05) is 13.1 Å². The van der Waals surface area contributed by atoms with Crippen LogP contribution in [0.3, 0.4) is 0 Å². The molecule has 0 bridgehead atoms. The van der Waals surface area contributed by atoms with Crippen LogP contribution in [0.2, 0.25) is 0 Å². The number of rotatable bonds is 4. The predicted octanol–water partition coefficient (Wildman–Crippen LogP) is 1.38. The van der Waals surface area contributed by atoms with Gasteiger partial charge in [-0.15, -0.1) is 0 Å². The van der Waals surface area contributed by atoms with Crippen LogP contribution in [0, 0.1) is 0 Å². The molecule has 0 unspecified atom stereocenters. The first-order chi connectivity index (χ1) is 7.30. The minimum Gasteiger partial charge on any atom is -0.459 e. The highest BCUT2D eigenvalue weighted by Crippen LogP contribution is 2.06. The number of nitrogens with zero attached hydrogens (tertiary/aromatic N) is 1. The molecular formula is C11H22N2O3. The van der Waals surface area contributed by atoms with Gasteiger partial charge in [0.2, 0.25) is 0 Å². The van der Waals surface area contributed by atoms with Crippen LogP contribution in [0.4, 0.5) is 4.79 Å². The van der Waals surface area contributed by atoms with Gasteiger partial charge in [-0.25, -0.2) is 4.79 Å². The zero-order valence-corrected chi connectivity index (χ0v) is 10.8. The van der Waals surface area contributed by atoms with E-state index >= 15 is 0 Å². The van der Waals surface area contributed by atoms with Gasteiger partial charge < -0.3 is 15.0 Å². The smallest absolute Gasteiger partial charge is 0.325 e. The molecule has 0 spiro atoms. The van der Waals surface area contributed by atoms with Crippen molar-refractivity contribution < 1.29 is 14.3 Å². The van der Waals surface area contributed by atoms with Crippen molar-refractivity contribution in [2.24, 2.45) is 0 Å². The minimum atomic E-state index is -0.517. The zero-order chi connectivity index (χ0) is 12.8. The van der Waals surface area contributed by atoms with Crippen molar-refractivity contribution in [3.05, 3.63) is 0 Å². The van der Waals surface area contributed by atoms with Crippen molar-refractivity contribution >= 4 is 12.0 Å². The lowest BCUT2D eigenvalue weighted by molar-refractivity contribution is -0.153. The molecule has 1 N–H and O–H groups in total. The number of esters is 1. The lowest BCUT2D eigenvalue weighted by Crippen LogP contribution is -2.43. The maximum Gasteiger partial charge on any atom is 0.325 e. The summed E-state index contributed by atoms with van der Waals surface area (Å²) >= 11 is 0. The van der Waals surface area contributed by atoms with Gasteiger partial charge >= 0.3 is 12.0 Å². The molecule has 2 amide bonds. The second-order valence-corrected chi connectivity index (χ2v) is 4.42. The van der Waals surface area contributed by atoms with Gasteiger partial charge in [-0.3, -0.25) is 4.79 Å². The molecule has 0 aliphatic rings. The molecule has 0 aromatic rings. The Morgan fingerprint density at radius 1 is 1.19 bits per heavy atom. The van der Waals surface area contributed by atoms with Crippen LogP contribution in [-0.2, 0) is 9.53 Å². The largest absolute Gasteiger partial charge is 0.459 e. The zero-order valence-electron chi connectivity index (χ0n) is 10.8. The molecule has 0 aromatic heterocycles. The van der Waals surface area contributed by atoms with E-state index in [1.165, 1.54) is 0 Å². The summed E-state index contributed by atoms with van der Waals surface area (Å²) in [6, 6.07) is -0.240. The Hall–Kier alpha value is -1.26. The highest BCUT2D eigenvalue weighted by molar-refractivity contribution is 5.80. The highest BCUT2D eigenvalue weighted by Gasteiger charge is 2.17. The van der Waals surface area contributed by atoms with Gasteiger partial charge in [0.25, 0.3) is 0 Å². The number of hydrogen-bond donors (Lipinski definition) is 1. The Balaban J connectivity index is 3.97. The summed E-state index contributed by atoms with van der Waals surface area (Å²) in [6.45, 7) is 10.3. The third-order valence-electron chi connectivity index (χ3n) is 1.85. The fourth-order valence-electron chi connectivity index (χ4n) is 1.15. The quantitative estimate of drug-likeness (QED) is 0.742. The first-order valence-corrected chi connectivity index (χ1v) is 5.54. The van der Waals surface area contributed by atoms with Crippen molar-refractivity contribution in [2.75, 3.05) is 19.6 Å². The summed E-state index contributed by atoms with van der Waals surface area (Å²) in [5.41, 5.74) is -0.517. The second kappa shape index (κ2) is 6.35. The van der Waals surface area contributed by atoms with Crippen LogP contribution >= 0.6 is 0 Å². The molecule has 0 saturated carbocycles. The number of amides is 2. The molecule has 5 nitrogen and oxygen atoms in total. The summed E-state index contributed by atoms with van der Waals surface area (Å²) in [4.78, 5) is 24.4. The maximum absolute atomic E-state index is 11.5. The van der Waals surface area contributed by atoms with Gasteiger partial charge in [0.15, 0.2) is 0 Å². The molecule has 0 aromatic carbocycles. The molecule has 0 rings (SSSR count). The lowest BCUT2D eigenvalue weighted by Gasteiger charge is -2.21.